The third kappa shape index (κ3) is 6.19. The smallest absolute Gasteiger partial charge is 0.238 e. The van der Waals surface area contributed by atoms with Crippen LogP contribution in [0.15, 0.2) is 231 Å². The van der Waals surface area contributed by atoms with E-state index >= 15 is 0 Å². The van der Waals surface area contributed by atoms with Gasteiger partial charge in [-0.05, 0) is 76.9 Å². The number of pyridine rings is 1. The maximum absolute atomic E-state index is 5.44. The molecule has 0 unspecified atom stereocenters. The van der Waals surface area contributed by atoms with Gasteiger partial charge in [-0.25, -0.2) is 9.97 Å². The number of benzene rings is 9. The van der Waals surface area contributed by atoms with Crippen LogP contribution < -0.4 is 0 Å². The molecule has 13 aromatic rings. The highest BCUT2D eigenvalue weighted by molar-refractivity contribution is 6.29. The lowest BCUT2D eigenvalue weighted by molar-refractivity contribution is 0.953. The zero-order valence-electron chi connectivity index (χ0n) is 35.6. The molecule has 0 saturated carbocycles. The Balaban J connectivity index is 1.11. The van der Waals surface area contributed by atoms with Gasteiger partial charge in [0.25, 0.3) is 0 Å². The minimum Gasteiger partial charge on any atom is -0.309 e. The van der Waals surface area contributed by atoms with Crippen LogP contribution in [-0.4, -0.2) is 29.1 Å². The number of nitrogens with zero attached hydrogens (tertiary/aromatic N) is 6. The lowest BCUT2D eigenvalue weighted by Crippen LogP contribution is -2.06. The molecular weight excluding hydrogens is 805 g/mol. The van der Waals surface area contributed by atoms with Crippen molar-refractivity contribution in [2.24, 2.45) is 0 Å². The molecule has 0 amide bonds. The first kappa shape index (κ1) is 37.5. The first-order chi connectivity index (χ1) is 32.7. The van der Waals surface area contributed by atoms with Crippen LogP contribution in [-0.2, 0) is 0 Å². The number of fused-ring (bicyclic) bond motifs is 8. The second-order valence-electron chi connectivity index (χ2n) is 16.6. The summed E-state index contributed by atoms with van der Waals surface area (Å²) in [6.07, 6.45) is 0. The second-order valence-corrected chi connectivity index (χ2v) is 16.6. The van der Waals surface area contributed by atoms with E-state index < -0.39 is 0 Å². The number of hydrogen-bond acceptors (Lipinski definition) is 4. The quantitative estimate of drug-likeness (QED) is 0.160. The van der Waals surface area contributed by atoms with E-state index in [1.165, 1.54) is 5.56 Å². The zero-order valence-corrected chi connectivity index (χ0v) is 35.6. The number of hydrogen-bond donors (Lipinski definition) is 0. The molecule has 308 valence electrons. The fourth-order valence-corrected chi connectivity index (χ4v) is 9.74. The zero-order chi connectivity index (χ0) is 43.6. The van der Waals surface area contributed by atoms with Crippen LogP contribution in [0.5, 0.6) is 0 Å². The summed E-state index contributed by atoms with van der Waals surface area (Å²) < 4.78 is 4.65. The van der Waals surface area contributed by atoms with Crippen molar-refractivity contribution in [1.82, 2.24) is 29.1 Å². The van der Waals surface area contributed by atoms with Gasteiger partial charge in [-0.1, -0.05) is 176 Å². The summed E-state index contributed by atoms with van der Waals surface area (Å²) in [6, 6.07) is 80.9. The Hall–Kier alpha value is -9.00. The number of para-hydroxylation sites is 4. The molecule has 9 aromatic carbocycles. The van der Waals surface area contributed by atoms with E-state index in [0.717, 1.165) is 99.3 Å². The Morgan fingerprint density at radius 1 is 0.318 bits per heavy atom. The Morgan fingerprint density at radius 3 is 1.58 bits per heavy atom. The summed E-state index contributed by atoms with van der Waals surface area (Å²) in [5.74, 6) is 1.70. The van der Waals surface area contributed by atoms with Crippen LogP contribution in [0.1, 0.15) is 0 Å². The molecule has 0 bridgehead atoms. The molecule has 0 saturated heterocycles. The second kappa shape index (κ2) is 15.4. The highest BCUT2D eigenvalue weighted by atomic mass is 15.2. The van der Waals surface area contributed by atoms with Crippen molar-refractivity contribution >= 4 is 54.5 Å². The molecule has 0 aliphatic carbocycles. The fraction of sp³-hybridized carbons (Fsp3) is 0. The van der Waals surface area contributed by atoms with E-state index in [0.29, 0.717) is 17.6 Å². The van der Waals surface area contributed by atoms with Crippen LogP contribution in [0.2, 0.25) is 0 Å². The first-order valence-corrected chi connectivity index (χ1v) is 22.2. The van der Waals surface area contributed by atoms with Crippen molar-refractivity contribution in [3.63, 3.8) is 0 Å². The van der Waals surface area contributed by atoms with E-state index in [9.17, 15) is 0 Å². The molecule has 0 spiro atoms. The van der Waals surface area contributed by atoms with Crippen LogP contribution in [0.3, 0.4) is 0 Å². The minimum atomic E-state index is 0.528. The van der Waals surface area contributed by atoms with Gasteiger partial charge in [-0.3, -0.25) is 4.57 Å². The molecule has 0 radical (unpaired) electrons. The maximum atomic E-state index is 5.44. The van der Waals surface area contributed by atoms with Crippen LogP contribution in [0.4, 0.5) is 0 Å². The molecule has 66 heavy (non-hydrogen) atoms. The maximum Gasteiger partial charge on any atom is 0.238 e. The normalized spacial score (nSPS) is 11.6. The van der Waals surface area contributed by atoms with Crippen LogP contribution in [0, 0.1) is 0 Å². The minimum absolute atomic E-state index is 0.528. The summed E-state index contributed by atoms with van der Waals surface area (Å²) in [5, 5.41) is 5.59. The predicted octanol–water partition coefficient (Wildman–Crippen LogP) is 14.9. The van der Waals surface area contributed by atoms with Gasteiger partial charge in [0.2, 0.25) is 5.95 Å². The van der Waals surface area contributed by atoms with Gasteiger partial charge in [-0.2, -0.15) is 9.97 Å². The molecule has 0 aliphatic heterocycles. The van der Waals surface area contributed by atoms with E-state index in [1.54, 1.807) is 0 Å². The molecule has 6 nitrogen and oxygen atoms in total. The molecule has 4 heterocycles. The standard InChI is InChI=1S/C60H38N6/c1-4-18-39(19-5-1)42-23-16-24-43(36-42)44-25-17-26-45(37-44)59-62-58(41-21-6-2-7-22-41)63-60(64-59)66-53-33-15-12-30-48(53)56-54(66)38-49(51-35-34-40-20-10-13-31-50(40)61-51)55-47-29-11-14-32-52(47)65(57(55)56)46-27-8-3-9-28-46/h1-38H. The Kier molecular flexibility index (Phi) is 8.74. The van der Waals surface area contributed by atoms with Crippen molar-refractivity contribution < 1.29 is 0 Å². The van der Waals surface area contributed by atoms with Gasteiger partial charge < -0.3 is 4.57 Å². The summed E-state index contributed by atoms with van der Waals surface area (Å²) >= 11 is 0. The summed E-state index contributed by atoms with van der Waals surface area (Å²) in [7, 11) is 0. The monoisotopic (exact) mass is 842 g/mol. The fourth-order valence-electron chi connectivity index (χ4n) is 9.74. The van der Waals surface area contributed by atoms with Crippen LogP contribution >= 0.6 is 0 Å². The van der Waals surface area contributed by atoms with Gasteiger partial charge >= 0.3 is 0 Å². The van der Waals surface area contributed by atoms with E-state index in [1.807, 2.05) is 18.2 Å². The topological polar surface area (TPSA) is 61.4 Å². The van der Waals surface area contributed by atoms with Gasteiger partial charge in [-0.15, -0.1) is 0 Å². The molecular formula is C60H38N6. The van der Waals surface area contributed by atoms with Gasteiger partial charge in [0.1, 0.15) is 0 Å². The average molecular weight is 843 g/mol. The van der Waals surface area contributed by atoms with E-state index in [-0.39, 0.29) is 0 Å². The number of rotatable bonds is 7. The van der Waals surface area contributed by atoms with Crippen LogP contribution in [0.25, 0.3) is 122 Å². The Morgan fingerprint density at radius 2 is 0.848 bits per heavy atom. The lowest BCUT2D eigenvalue weighted by atomic mass is 9.98. The highest BCUT2D eigenvalue weighted by Gasteiger charge is 2.26. The summed E-state index contributed by atoms with van der Waals surface area (Å²) in [4.78, 5) is 21.4. The molecule has 6 heteroatoms. The average Bonchev–Trinajstić information content (AvgIpc) is 3.92. The summed E-state index contributed by atoms with van der Waals surface area (Å²) in [6.45, 7) is 0. The van der Waals surface area contributed by atoms with Gasteiger partial charge in [0.05, 0.1) is 33.3 Å². The molecule has 0 aliphatic rings. The van der Waals surface area contributed by atoms with Gasteiger partial charge in [0, 0.05) is 49.3 Å². The molecule has 0 N–H and O–H groups in total. The van der Waals surface area contributed by atoms with Crippen molar-refractivity contribution in [3.05, 3.63) is 231 Å². The van der Waals surface area contributed by atoms with Crippen molar-refractivity contribution in [3.8, 4) is 67.9 Å². The summed E-state index contributed by atoms with van der Waals surface area (Å²) in [5.41, 5.74) is 14.5. The predicted molar refractivity (Wildman–Crippen MR) is 271 cm³/mol. The highest BCUT2D eigenvalue weighted by Crippen LogP contribution is 2.46. The Labute approximate surface area is 380 Å². The third-order valence-electron chi connectivity index (χ3n) is 12.7. The van der Waals surface area contributed by atoms with E-state index in [4.69, 9.17) is 19.9 Å². The van der Waals surface area contributed by atoms with E-state index in [2.05, 4.69) is 221 Å². The molecule has 0 atom stereocenters. The van der Waals surface area contributed by atoms with Crippen molar-refractivity contribution in [2.75, 3.05) is 0 Å². The van der Waals surface area contributed by atoms with Gasteiger partial charge in [0.15, 0.2) is 11.6 Å². The molecule has 0 fully saturated rings. The largest absolute Gasteiger partial charge is 0.309 e. The lowest BCUT2D eigenvalue weighted by Gasteiger charge is -2.14. The number of aromatic nitrogens is 6. The van der Waals surface area contributed by atoms with Crippen molar-refractivity contribution in [2.45, 2.75) is 0 Å². The first-order valence-electron chi connectivity index (χ1n) is 22.2. The third-order valence-corrected chi connectivity index (χ3v) is 12.7. The molecule has 13 rings (SSSR count). The SMILES string of the molecule is c1ccc(-c2cccc(-c3cccc(-c4nc(-c5ccccc5)nc(-n5c6ccccc6c6c5cc(-c5ccc7ccccc7n5)c5c7ccccc7n(-c7ccccc7)c56)n4)c3)c2)cc1. The molecule has 4 aromatic heterocycles. The Bertz CT molecular complexity index is 3980. The van der Waals surface area contributed by atoms with Crippen molar-refractivity contribution in [1.29, 1.82) is 0 Å².